The second kappa shape index (κ2) is 3.58. The van der Waals surface area contributed by atoms with Gasteiger partial charge in [-0.3, -0.25) is 4.79 Å². The molecule has 2 aliphatic rings. The third-order valence-corrected chi connectivity index (χ3v) is 3.46. The number of rotatable bonds is 0. The maximum absolute atomic E-state index is 11.7. The van der Waals surface area contributed by atoms with Crippen LogP contribution in [0.15, 0.2) is 23.3 Å². The molecule has 0 saturated heterocycles. The van der Waals surface area contributed by atoms with Gasteiger partial charge >= 0.3 is 0 Å². The number of nitrogens with zero attached hydrogens (tertiary/aromatic N) is 2. The summed E-state index contributed by atoms with van der Waals surface area (Å²) in [6.45, 7) is 3.99. The van der Waals surface area contributed by atoms with Gasteiger partial charge in [-0.25, -0.2) is 5.43 Å². The maximum atomic E-state index is 11.7. The van der Waals surface area contributed by atoms with Crippen molar-refractivity contribution in [1.82, 2.24) is 5.43 Å². The van der Waals surface area contributed by atoms with Crippen molar-refractivity contribution in [3.8, 4) is 0 Å². The van der Waals surface area contributed by atoms with Crippen LogP contribution in [-0.4, -0.2) is 17.8 Å². The second-order valence-corrected chi connectivity index (χ2v) is 4.68. The largest absolute Gasteiger partial charge is 0.316 e. The summed E-state index contributed by atoms with van der Waals surface area (Å²) in [7, 11) is 0. The van der Waals surface area contributed by atoms with Gasteiger partial charge in [-0.15, -0.1) is 0 Å². The van der Waals surface area contributed by atoms with Gasteiger partial charge in [-0.1, -0.05) is 12.1 Å². The molecule has 17 heavy (non-hydrogen) atoms. The topological polar surface area (TPSA) is 44.7 Å². The van der Waals surface area contributed by atoms with Crippen molar-refractivity contribution in [2.45, 2.75) is 32.7 Å². The Morgan fingerprint density at radius 1 is 1.41 bits per heavy atom. The monoisotopic (exact) mass is 229 g/mol. The fourth-order valence-electron chi connectivity index (χ4n) is 2.49. The number of amidine groups is 1. The Hall–Kier alpha value is -1.84. The normalized spacial score (nSPS) is 22.5. The summed E-state index contributed by atoms with van der Waals surface area (Å²) in [5.41, 5.74) is 6.23. The molecule has 0 aromatic heterocycles. The van der Waals surface area contributed by atoms with E-state index < -0.39 is 0 Å². The Morgan fingerprint density at radius 2 is 2.24 bits per heavy atom. The van der Waals surface area contributed by atoms with Crippen LogP contribution >= 0.6 is 0 Å². The molecular weight excluding hydrogens is 214 g/mol. The molecule has 0 fully saturated rings. The first-order valence-corrected chi connectivity index (χ1v) is 5.92. The smallest absolute Gasteiger partial charge is 0.262 e. The Bertz CT molecular complexity index is 521. The van der Waals surface area contributed by atoms with Crippen LogP contribution in [0, 0.1) is 6.92 Å². The molecule has 1 aromatic rings. The molecule has 0 aliphatic carbocycles. The van der Waals surface area contributed by atoms with Crippen molar-refractivity contribution >= 4 is 17.4 Å². The van der Waals surface area contributed by atoms with Gasteiger partial charge in [0.25, 0.3) is 5.91 Å². The van der Waals surface area contributed by atoms with Crippen molar-refractivity contribution in [3.63, 3.8) is 0 Å². The Balaban J connectivity index is 2.14. The number of hydrogen-bond acceptors (Lipinski definition) is 3. The lowest BCUT2D eigenvalue weighted by molar-refractivity contribution is -0.122. The molecule has 4 nitrogen and oxygen atoms in total. The van der Waals surface area contributed by atoms with Gasteiger partial charge < -0.3 is 4.90 Å². The van der Waals surface area contributed by atoms with Crippen molar-refractivity contribution in [1.29, 1.82) is 0 Å². The van der Waals surface area contributed by atoms with Crippen molar-refractivity contribution in [2.75, 3.05) is 4.90 Å². The van der Waals surface area contributed by atoms with E-state index in [2.05, 4.69) is 40.5 Å². The van der Waals surface area contributed by atoms with E-state index in [0.717, 1.165) is 24.4 Å². The molecular formula is C13H15N3O. The number of benzene rings is 1. The number of carbonyl (C=O) groups excluding carboxylic acids is 1. The lowest BCUT2D eigenvalue weighted by atomic mass is 9.97. The van der Waals surface area contributed by atoms with E-state index in [-0.39, 0.29) is 11.9 Å². The van der Waals surface area contributed by atoms with Crippen LogP contribution in [0.4, 0.5) is 5.69 Å². The Kier molecular flexibility index (Phi) is 2.18. The first kappa shape index (κ1) is 10.3. The van der Waals surface area contributed by atoms with E-state index in [1.807, 2.05) is 6.92 Å². The van der Waals surface area contributed by atoms with Crippen molar-refractivity contribution in [3.05, 3.63) is 29.3 Å². The maximum Gasteiger partial charge on any atom is 0.262 e. The zero-order valence-corrected chi connectivity index (χ0v) is 10.0. The fraction of sp³-hybridized carbons (Fsp3) is 0.385. The minimum Gasteiger partial charge on any atom is -0.316 e. The van der Waals surface area contributed by atoms with E-state index in [0.29, 0.717) is 0 Å². The molecule has 0 bridgehead atoms. The molecule has 2 heterocycles. The summed E-state index contributed by atoms with van der Waals surface area (Å²) < 4.78 is 0. The molecule has 0 spiro atoms. The number of amides is 1. The lowest BCUT2D eigenvalue weighted by Gasteiger charge is -2.38. The van der Waals surface area contributed by atoms with Gasteiger partial charge in [0.2, 0.25) is 0 Å². The molecule has 3 rings (SSSR count). The average Bonchev–Trinajstić information content (AvgIpc) is 2.33. The Labute approximate surface area is 100 Å². The molecule has 2 aliphatic heterocycles. The summed E-state index contributed by atoms with van der Waals surface area (Å²) >= 11 is 0. The van der Waals surface area contributed by atoms with E-state index in [9.17, 15) is 4.79 Å². The standard InChI is InChI=1S/C13H15N3O/c1-8-3-4-10-5-6-12-14-15-13(17)9(2)16(12)11(10)7-8/h3-4,7,9H,5-6H2,1-2H3,(H,15,17). The number of anilines is 1. The highest BCUT2D eigenvalue weighted by Crippen LogP contribution is 2.31. The molecule has 4 heteroatoms. The summed E-state index contributed by atoms with van der Waals surface area (Å²) in [4.78, 5) is 13.7. The highest BCUT2D eigenvalue weighted by atomic mass is 16.2. The second-order valence-electron chi connectivity index (χ2n) is 4.68. The van der Waals surface area contributed by atoms with E-state index in [1.165, 1.54) is 11.1 Å². The van der Waals surface area contributed by atoms with Crippen molar-refractivity contribution < 1.29 is 4.79 Å². The van der Waals surface area contributed by atoms with Gasteiger partial charge in [-0.05, 0) is 37.5 Å². The Morgan fingerprint density at radius 3 is 3.06 bits per heavy atom. The van der Waals surface area contributed by atoms with E-state index in [1.54, 1.807) is 0 Å². The predicted octanol–water partition coefficient (Wildman–Crippen LogP) is 1.58. The van der Waals surface area contributed by atoms with Crippen molar-refractivity contribution in [2.24, 2.45) is 5.10 Å². The van der Waals surface area contributed by atoms with Crippen LogP contribution < -0.4 is 10.3 Å². The molecule has 1 N–H and O–H groups in total. The highest BCUT2D eigenvalue weighted by molar-refractivity contribution is 6.08. The summed E-state index contributed by atoms with van der Waals surface area (Å²) in [6.07, 6.45) is 1.88. The first-order valence-electron chi connectivity index (χ1n) is 5.92. The van der Waals surface area contributed by atoms with Crippen LogP contribution in [0.5, 0.6) is 0 Å². The predicted molar refractivity (Wildman–Crippen MR) is 67.0 cm³/mol. The number of nitrogens with one attached hydrogen (secondary N) is 1. The van der Waals surface area contributed by atoms with Gasteiger partial charge in [0, 0.05) is 12.1 Å². The summed E-state index contributed by atoms with van der Waals surface area (Å²) in [5.74, 6) is 0.929. The summed E-state index contributed by atoms with van der Waals surface area (Å²) in [6, 6.07) is 6.23. The van der Waals surface area contributed by atoms with Crippen LogP contribution in [0.1, 0.15) is 24.5 Å². The number of fused-ring (bicyclic) bond motifs is 3. The zero-order chi connectivity index (χ0) is 12.0. The molecule has 0 saturated carbocycles. The van der Waals surface area contributed by atoms with Crippen LogP contribution in [0.25, 0.3) is 0 Å². The third kappa shape index (κ3) is 1.52. The molecule has 0 radical (unpaired) electrons. The first-order chi connectivity index (χ1) is 8.16. The zero-order valence-electron chi connectivity index (χ0n) is 10.0. The molecule has 88 valence electrons. The van der Waals surface area contributed by atoms with Gasteiger partial charge in [0.1, 0.15) is 11.9 Å². The quantitative estimate of drug-likeness (QED) is 0.734. The number of aryl methyl sites for hydroxylation is 2. The van der Waals surface area contributed by atoms with Crippen LogP contribution in [0.3, 0.4) is 0 Å². The average molecular weight is 229 g/mol. The molecule has 1 unspecified atom stereocenters. The molecule has 1 atom stereocenters. The molecule has 1 amide bonds. The van der Waals surface area contributed by atoms with E-state index >= 15 is 0 Å². The van der Waals surface area contributed by atoms with Gasteiger partial charge in [0.05, 0.1) is 0 Å². The highest BCUT2D eigenvalue weighted by Gasteiger charge is 2.33. The third-order valence-electron chi connectivity index (χ3n) is 3.46. The number of carbonyl (C=O) groups is 1. The fourth-order valence-corrected chi connectivity index (χ4v) is 2.49. The summed E-state index contributed by atoms with van der Waals surface area (Å²) in [5, 5.41) is 4.15. The van der Waals surface area contributed by atoms with Gasteiger partial charge in [0.15, 0.2) is 0 Å². The number of hydrogen-bond donors (Lipinski definition) is 1. The van der Waals surface area contributed by atoms with E-state index in [4.69, 9.17) is 0 Å². The SMILES string of the molecule is Cc1ccc2c(c1)N1C(=NNC(=O)C1C)CC2. The van der Waals surface area contributed by atoms with Crippen LogP contribution in [-0.2, 0) is 11.2 Å². The minimum absolute atomic E-state index is 0.0388. The lowest BCUT2D eigenvalue weighted by Crippen LogP contribution is -2.53. The molecule has 1 aromatic carbocycles. The number of hydrazone groups is 1. The van der Waals surface area contributed by atoms with Gasteiger partial charge in [-0.2, -0.15) is 5.10 Å². The minimum atomic E-state index is -0.177. The van der Waals surface area contributed by atoms with Crippen LogP contribution in [0.2, 0.25) is 0 Å².